The van der Waals surface area contributed by atoms with Gasteiger partial charge in [-0.2, -0.15) is 0 Å². The van der Waals surface area contributed by atoms with Crippen molar-refractivity contribution in [3.05, 3.63) is 33.9 Å². The Labute approximate surface area is 119 Å². The Kier molecular flexibility index (Phi) is 5.35. The summed E-state index contributed by atoms with van der Waals surface area (Å²) in [6.07, 6.45) is -0.730. The van der Waals surface area contributed by atoms with E-state index in [0.717, 1.165) is 6.07 Å². The van der Waals surface area contributed by atoms with E-state index in [9.17, 15) is 24.5 Å². The predicted molar refractivity (Wildman–Crippen MR) is 71.9 cm³/mol. The van der Waals surface area contributed by atoms with Crippen molar-refractivity contribution in [3.63, 3.8) is 0 Å². The molecule has 1 aromatic rings. The number of carboxylic acids is 1. The first-order valence-electron chi connectivity index (χ1n) is 5.87. The number of carbonyl (C=O) groups excluding carboxylic acids is 2. The summed E-state index contributed by atoms with van der Waals surface area (Å²) in [7, 11) is 0. The third-order valence-corrected chi connectivity index (χ3v) is 2.48. The topological polar surface area (TPSA) is 139 Å². The summed E-state index contributed by atoms with van der Waals surface area (Å²) in [5.41, 5.74) is 0.421. The van der Waals surface area contributed by atoms with Crippen LogP contribution in [0.4, 0.5) is 16.2 Å². The molecule has 0 saturated heterocycles. The highest BCUT2D eigenvalue weighted by Crippen LogP contribution is 2.22. The predicted octanol–water partition coefficient (Wildman–Crippen LogP) is 1.42. The lowest BCUT2D eigenvalue weighted by atomic mass is 10.2. The lowest BCUT2D eigenvalue weighted by molar-refractivity contribution is -0.385. The number of nitrogens with zero attached hydrogens (tertiary/aromatic N) is 1. The molecular formula is C12H13N3O6. The molecule has 0 fully saturated rings. The fourth-order valence-electron chi connectivity index (χ4n) is 1.46. The van der Waals surface area contributed by atoms with Crippen molar-refractivity contribution in [1.29, 1.82) is 0 Å². The van der Waals surface area contributed by atoms with E-state index in [-0.39, 0.29) is 17.8 Å². The van der Waals surface area contributed by atoms with Crippen LogP contribution in [0.1, 0.15) is 18.4 Å². The van der Waals surface area contributed by atoms with Crippen LogP contribution < -0.4 is 10.6 Å². The number of nitro benzene ring substituents is 1. The number of aryl methyl sites for hydroxylation is 1. The SMILES string of the molecule is Cc1ccc(NC(=O)NC(=O)CCC(=O)O)cc1[N+](=O)[O-]. The Morgan fingerprint density at radius 1 is 1.29 bits per heavy atom. The Balaban J connectivity index is 2.63. The average molecular weight is 295 g/mol. The number of hydrogen-bond acceptors (Lipinski definition) is 5. The maximum absolute atomic E-state index is 11.5. The van der Waals surface area contributed by atoms with Crippen molar-refractivity contribution < 1.29 is 24.4 Å². The molecule has 0 aliphatic heterocycles. The van der Waals surface area contributed by atoms with Crippen LogP contribution in [0.15, 0.2) is 18.2 Å². The highest BCUT2D eigenvalue weighted by molar-refractivity contribution is 6.01. The van der Waals surface area contributed by atoms with Gasteiger partial charge in [0, 0.05) is 23.7 Å². The highest BCUT2D eigenvalue weighted by atomic mass is 16.6. The number of nitro groups is 1. The molecule has 9 heteroatoms. The van der Waals surface area contributed by atoms with E-state index in [4.69, 9.17) is 5.11 Å². The van der Waals surface area contributed by atoms with E-state index in [1.807, 2.05) is 5.32 Å². The molecule has 0 aliphatic rings. The number of benzene rings is 1. The standard InChI is InChI=1S/C12H13N3O6/c1-7-2-3-8(6-9(7)15(20)21)13-12(19)14-10(16)4-5-11(17)18/h2-3,6H,4-5H2,1H3,(H,17,18)(H2,13,14,16,19). The first-order valence-corrected chi connectivity index (χ1v) is 5.87. The monoisotopic (exact) mass is 295 g/mol. The van der Waals surface area contributed by atoms with Crippen LogP contribution in [0.3, 0.4) is 0 Å². The molecule has 0 bridgehead atoms. The number of amides is 3. The second kappa shape index (κ2) is 6.98. The molecule has 0 heterocycles. The molecule has 1 rings (SSSR count). The third-order valence-electron chi connectivity index (χ3n) is 2.48. The number of hydrogen-bond donors (Lipinski definition) is 3. The second-order valence-corrected chi connectivity index (χ2v) is 4.15. The zero-order chi connectivity index (χ0) is 16.0. The minimum absolute atomic E-state index is 0.149. The summed E-state index contributed by atoms with van der Waals surface area (Å²) < 4.78 is 0. The van der Waals surface area contributed by atoms with Gasteiger partial charge in [0.05, 0.1) is 11.3 Å². The van der Waals surface area contributed by atoms with Gasteiger partial charge in [-0.1, -0.05) is 6.07 Å². The summed E-state index contributed by atoms with van der Waals surface area (Å²) in [4.78, 5) is 43.1. The molecule has 0 saturated carbocycles. The summed E-state index contributed by atoms with van der Waals surface area (Å²) in [6.45, 7) is 1.55. The molecule has 0 atom stereocenters. The van der Waals surface area contributed by atoms with Crippen LogP contribution in [-0.4, -0.2) is 27.9 Å². The van der Waals surface area contributed by atoms with Gasteiger partial charge in [-0.05, 0) is 13.0 Å². The molecule has 0 radical (unpaired) electrons. The fraction of sp³-hybridized carbons (Fsp3) is 0.250. The number of urea groups is 1. The van der Waals surface area contributed by atoms with Crippen molar-refractivity contribution in [1.82, 2.24) is 5.32 Å². The summed E-state index contributed by atoms with van der Waals surface area (Å²) in [5.74, 6) is -1.91. The van der Waals surface area contributed by atoms with Gasteiger partial charge in [0.2, 0.25) is 5.91 Å². The van der Waals surface area contributed by atoms with Crippen molar-refractivity contribution in [3.8, 4) is 0 Å². The van der Waals surface area contributed by atoms with E-state index in [0.29, 0.717) is 5.56 Å². The second-order valence-electron chi connectivity index (χ2n) is 4.15. The van der Waals surface area contributed by atoms with E-state index in [1.54, 1.807) is 6.92 Å². The number of imide groups is 1. The van der Waals surface area contributed by atoms with Crippen LogP contribution in [0.5, 0.6) is 0 Å². The molecule has 9 nitrogen and oxygen atoms in total. The number of anilines is 1. The fourth-order valence-corrected chi connectivity index (χ4v) is 1.46. The number of aliphatic carboxylic acids is 1. The summed E-state index contributed by atoms with van der Waals surface area (Å²) >= 11 is 0. The molecule has 3 amide bonds. The molecule has 0 aliphatic carbocycles. The smallest absolute Gasteiger partial charge is 0.325 e. The first-order chi connectivity index (χ1) is 9.79. The Morgan fingerprint density at radius 3 is 2.52 bits per heavy atom. The van der Waals surface area contributed by atoms with Crippen molar-refractivity contribution >= 4 is 29.3 Å². The first kappa shape index (κ1) is 16.1. The van der Waals surface area contributed by atoms with Crippen molar-refractivity contribution in [2.45, 2.75) is 19.8 Å². The number of carbonyl (C=O) groups is 3. The summed E-state index contributed by atoms with van der Waals surface area (Å²) in [6, 6.07) is 3.18. The molecular weight excluding hydrogens is 282 g/mol. The lowest BCUT2D eigenvalue weighted by Gasteiger charge is -2.07. The molecule has 21 heavy (non-hydrogen) atoms. The van der Waals surface area contributed by atoms with Gasteiger partial charge in [0.25, 0.3) is 5.69 Å². The van der Waals surface area contributed by atoms with Crippen LogP contribution in [-0.2, 0) is 9.59 Å². The van der Waals surface area contributed by atoms with Gasteiger partial charge in [0.15, 0.2) is 0 Å². The molecule has 0 spiro atoms. The largest absolute Gasteiger partial charge is 0.481 e. The van der Waals surface area contributed by atoms with Gasteiger partial charge in [0.1, 0.15) is 0 Å². The number of carboxylic acid groups (broad SMARTS) is 1. The van der Waals surface area contributed by atoms with E-state index in [1.165, 1.54) is 12.1 Å². The molecule has 0 aromatic heterocycles. The molecule has 0 unspecified atom stereocenters. The van der Waals surface area contributed by atoms with Gasteiger partial charge in [-0.25, -0.2) is 4.79 Å². The Morgan fingerprint density at radius 2 is 1.95 bits per heavy atom. The normalized spacial score (nSPS) is 9.76. The zero-order valence-electron chi connectivity index (χ0n) is 11.1. The Bertz CT molecular complexity index is 599. The highest BCUT2D eigenvalue weighted by Gasteiger charge is 2.14. The van der Waals surface area contributed by atoms with Crippen LogP contribution >= 0.6 is 0 Å². The van der Waals surface area contributed by atoms with Crippen LogP contribution in [0.2, 0.25) is 0 Å². The zero-order valence-corrected chi connectivity index (χ0v) is 11.1. The molecule has 3 N–H and O–H groups in total. The number of rotatable bonds is 5. The Hall–Kier alpha value is -2.97. The molecule has 1 aromatic carbocycles. The maximum Gasteiger partial charge on any atom is 0.325 e. The van der Waals surface area contributed by atoms with E-state index >= 15 is 0 Å². The minimum atomic E-state index is -1.15. The minimum Gasteiger partial charge on any atom is -0.481 e. The number of nitrogens with one attached hydrogen (secondary N) is 2. The maximum atomic E-state index is 11.5. The van der Waals surface area contributed by atoms with Crippen molar-refractivity contribution in [2.24, 2.45) is 0 Å². The van der Waals surface area contributed by atoms with E-state index in [2.05, 4.69) is 5.32 Å². The third kappa shape index (κ3) is 5.27. The summed E-state index contributed by atoms with van der Waals surface area (Å²) in [5, 5.41) is 23.3. The van der Waals surface area contributed by atoms with Crippen LogP contribution in [0, 0.1) is 17.0 Å². The van der Waals surface area contributed by atoms with Gasteiger partial charge >= 0.3 is 12.0 Å². The average Bonchev–Trinajstić information content (AvgIpc) is 2.38. The van der Waals surface area contributed by atoms with Gasteiger partial charge in [-0.15, -0.1) is 0 Å². The van der Waals surface area contributed by atoms with Crippen molar-refractivity contribution in [2.75, 3.05) is 5.32 Å². The lowest BCUT2D eigenvalue weighted by Crippen LogP contribution is -2.34. The van der Waals surface area contributed by atoms with Gasteiger partial charge in [-0.3, -0.25) is 25.0 Å². The van der Waals surface area contributed by atoms with Crippen LogP contribution in [0.25, 0.3) is 0 Å². The molecule has 112 valence electrons. The quantitative estimate of drug-likeness (QED) is 0.554. The van der Waals surface area contributed by atoms with E-state index < -0.39 is 29.3 Å². The van der Waals surface area contributed by atoms with Gasteiger partial charge < -0.3 is 10.4 Å².